The van der Waals surface area contributed by atoms with Crippen LogP contribution in [0, 0.1) is 12.8 Å². The molecule has 7 heteroatoms. The number of hydrogen-bond acceptors (Lipinski definition) is 6. The molecule has 2 aromatic rings. The number of nitrogen functional groups attached to an aromatic ring is 1. The molecule has 0 saturated carbocycles. The minimum atomic E-state index is -0.194. The first-order valence-electron chi connectivity index (χ1n) is 11.9. The number of nitrogens with zero attached hydrogens (tertiary/aromatic N) is 3. The van der Waals surface area contributed by atoms with Crippen LogP contribution in [0.5, 0.6) is 5.75 Å². The van der Waals surface area contributed by atoms with Gasteiger partial charge in [0.05, 0.1) is 12.8 Å². The number of nitrogens with two attached hydrogens (primary N) is 1. The van der Waals surface area contributed by atoms with Gasteiger partial charge in [-0.05, 0) is 42.9 Å². The van der Waals surface area contributed by atoms with Crippen molar-refractivity contribution >= 4 is 17.5 Å². The number of carbonyl (C=O) groups excluding carboxylic acids is 1. The molecule has 0 spiro atoms. The largest absolute Gasteiger partial charge is 0.495 e. The Morgan fingerprint density at radius 3 is 2.39 bits per heavy atom. The summed E-state index contributed by atoms with van der Waals surface area (Å²) in [4.78, 5) is 19.3. The van der Waals surface area contributed by atoms with E-state index in [0.29, 0.717) is 18.2 Å². The van der Waals surface area contributed by atoms with Gasteiger partial charge in [0.25, 0.3) is 0 Å². The molecule has 33 heavy (non-hydrogen) atoms. The van der Waals surface area contributed by atoms with Crippen molar-refractivity contribution in [3.8, 4) is 5.75 Å². The zero-order valence-corrected chi connectivity index (χ0v) is 19.8. The van der Waals surface area contributed by atoms with Gasteiger partial charge in [-0.15, -0.1) is 0 Å². The van der Waals surface area contributed by atoms with Crippen LogP contribution >= 0.6 is 0 Å². The van der Waals surface area contributed by atoms with E-state index in [2.05, 4.69) is 22.8 Å². The second kappa shape index (κ2) is 10.8. The average molecular weight is 453 g/mol. The molecule has 1 amide bonds. The van der Waals surface area contributed by atoms with Crippen molar-refractivity contribution in [2.45, 2.75) is 26.4 Å². The number of carbonyl (C=O) groups is 1. The molecule has 0 unspecified atom stereocenters. The van der Waals surface area contributed by atoms with Crippen LogP contribution in [0.4, 0.5) is 16.2 Å². The fourth-order valence-corrected chi connectivity index (χ4v) is 4.86. The van der Waals surface area contributed by atoms with E-state index in [9.17, 15) is 4.79 Å². The van der Waals surface area contributed by atoms with Gasteiger partial charge in [-0.1, -0.05) is 30.3 Å². The number of ether oxygens (including phenoxy) is 2. The van der Waals surface area contributed by atoms with Gasteiger partial charge in [-0.2, -0.15) is 0 Å². The number of benzene rings is 2. The summed E-state index contributed by atoms with van der Waals surface area (Å²) in [7, 11) is 1.66. The maximum Gasteiger partial charge on any atom is 0.410 e. The van der Waals surface area contributed by atoms with Crippen LogP contribution in [0.25, 0.3) is 0 Å². The Morgan fingerprint density at radius 2 is 1.73 bits per heavy atom. The van der Waals surface area contributed by atoms with E-state index in [0.717, 1.165) is 70.0 Å². The number of piperazine rings is 1. The molecule has 0 aliphatic carbocycles. The lowest BCUT2D eigenvalue weighted by atomic mass is 9.96. The lowest BCUT2D eigenvalue weighted by Gasteiger charge is -2.40. The Labute approximate surface area is 197 Å². The van der Waals surface area contributed by atoms with Crippen molar-refractivity contribution in [2.75, 3.05) is 63.6 Å². The molecule has 0 aromatic heterocycles. The molecule has 0 radical (unpaired) electrons. The fourth-order valence-electron chi connectivity index (χ4n) is 4.86. The predicted octanol–water partition coefficient (Wildman–Crippen LogP) is 3.76. The van der Waals surface area contributed by atoms with Crippen LogP contribution in [0.3, 0.4) is 0 Å². The summed E-state index contributed by atoms with van der Waals surface area (Å²) >= 11 is 0. The van der Waals surface area contributed by atoms with Crippen molar-refractivity contribution in [1.29, 1.82) is 0 Å². The van der Waals surface area contributed by atoms with Gasteiger partial charge in [0.2, 0.25) is 0 Å². The molecule has 178 valence electrons. The van der Waals surface area contributed by atoms with Crippen LogP contribution in [-0.4, -0.2) is 68.8 Å². The predicted molar refractivity (Wildman–Crippen MR) is 132 cm³/mol. The van der Waals surface area contributed by atoms with Gasteiger partial charge in [-0.25, -0.2) is 4.79 Å². The van der Waals surface area contributed by atoms with Crippen molar-refractivity contribution in [1.82, 2.24) is 9.80 Å². The second-order valence-corrected chi connectivity index (χ2v) is 9.14. The van der Waals surface area contributed by atoms with E-state index in [1.165, 1.54) is 11.3 Å². The van der Waals surface area contributed by atoms with Gasteiger partial charge in [0, 0.05) is 57.6 Å². The van der Waals surface area contributed by atoms with Crippen LogP contribution in [0.15, 0.2) is 42.5 Å². The van der Waals surface area contributed by atoms with Gasteiger partial charge in [-0.3, -0.25) is 4.90 Å². The highest BCUT2D eigenvalue weighted by Crippen LogP contribution is 2.32. The van der Waals surface area contributed by atoms with Gasteiger partial charge < -0.3 is 25.0 Å². The lowest BCUT2D eigenvalue weighted by Crippen LogP contribution is -2.49. The number of hydrogen-bond donors (Lipinski definition) is 1. The molecular formula is C26H36N4O3. The van der Waals surface area contributed by atoms with Crippen LogP contribution in [-0.2, 0) is 11.3 Å². The summed E-state index contributed by atoms with van der Waals surface area (Å²) in [5.74, 6) is 1.38. The summed E-state index contributed by atoms with van der Waals surface area (Å²) in [6.07, 6.45) is 1.88. The maximum atomic E-state index is 12.4. The number of piperidine rings is 1. The molecule has 0 bridgehead atoms. The molecule has 2 aliphatic rings. The Bertz CT molecular complexity index is 921. The van der Waals surface area contributed by atoms with E-state index in [1.807, 2.05) is 41.3 Å². The van der Waals surface area contributed by atoms with Crippen molar-refractivity contribution in [2.24, 2.45) is 5.92 Å². The molecule has 2 N–H and O–H groups in total. The van der Waals surface area contributed by atoms with Gasteiger partial charge in [0.1, 0.15) is 12.4 Å². The normalized spacial score (nSPS) is 17.8. The first kappa shape index (κ1) is 23.2. The van der Waals surface area contributed by atoms with Crippen LogP contribution < -0.4 is 15.4 Å². The third-order valence-corrected chi connectivity index (χ3v) is 6.86. The average Bonchev–Trinajstić information content (AvgIpc) is 2.84. The molecule has 2 heterocycles. The minimum Gasteiger partial charge on any atom is -0.495 e. The van der Waals surface area contributed by atoms with Gasteiger partial charge in [0.15, 0.2) is 0 Å². The Kier molecular flexibility index (Phi) is 7.60. The summed E-state index contributed by atoms with van der Waals surface area (Å²) < 4.78 is 10.9. The fraction of sp³-hybridized carbons (Fsp3) is 0.500. The number of rotatable bonds is 6. The summed E-state index contributed by atoms with van der Waals surface area (Å²) in [6.45, 7) is 9.20. The number of methoxy groups -OCH3 is 1. The van der Waals surface area contributed by atoms with Crippen molar-refractivity contribution < 1.29 is 14.3 Å². The molecule has 2 aliphatic heterocycles. The van der Waals surface area contributed by atoms with Gasteiger partial charge >= 0.3 is 6.09 Å². The van der Waals surface area contributed by atoms with E-state index >= 15 is 0 Å². The van der Waals surface area contributed by atoms with Crippen LogP contribution in [0.1, 0.15) is 24.0 Å². The maximum absolute atomic E-state index is 12.4. The number of anilines is 2. The summed E-state index contributed by atoms with van der Waals surface area (Å²) in [6, 6.07) is 13.9. The molecule has 2 aromatic carbocycles. The van der Waals surface area contributed by atoms with Crippen molar-refractivity contribution in [3.63, 3.8) is 0 Å². The highest BCUT2D eigenvalue weighted by Gasteiger charge is 2.27. The molecule has 2 saturated heterocycles. The van der Waals surface area contributed by atoms with E-state index in [-0.39, 0.29) is 6.09 Å². The summed E-state index contributed by atoms with van der Waals surface area (Å²) in [5, 5.41) is 0. The number of aryl methyl sites for hydroxylation is 1. The van der Waals surface area contributed by atoms with Crippen LogP contribution in [0.2, 0.25) is 0 Å². The first-order valence-corrected chi connectivity index (χ1v) is 11.9. The minimum absolute atomic E-state index is 0.194. The molecular weight excluding hydrogens is 416 g/mol. The Hall–Kier alpha value is -2.93. The van der Waals surface area contributed by atoms with E-state index in [1.54, 1.807) is 7.11 Å². The third kappa shape index (κ3) is 5.90. The topological polar surface area (TPSA) is 71.3 Å². The smallest absolute Gasteiger partial charge is 0.410 e. The standard InChI is InChI=1S/C26H36N4O3/c1-20-16-23(27)25(32-2)17-24(20)29-14-12-28(13-15-29)18-21-8-10-30(11-9-21)26(31)33-19-22-6-4-3-5-7-22/h3-7,16-17,21H,8-15,18-19,27H2,1-2H3. The third-order valence-electron chi connectivity index (χ3n) is 6.86. The van der Waals surface area contributed by atoms with E-state index < -0.39 is 0 Å². The zero-order valence-electron chi connectivity index (χ0n) is 19.8. The molecule has 7 nitrogen and oxygen atoms in total. The summed E-state index contributed by atoms with van der Waals surface area (Å²) in [5.41, 5.74) is 10.2. The van der Waals surface area contributed by atoms with Crippen molar-refractivity contribution in [3.05, 3.63) is 53.6 Å². The Morgan fingerprint density at radius 1 is 1.03 bits per heavy atom. The molecule has 2 fully saturated rings. The molecule has 4 rings (SSSR count). The quantitative estimate of drug-likeness (QED) is 0.673. The highest BCUT2D eigenvalue weighted by molar-refractivity contribution is 5.68. The lowest BCUT2D eigenvalue weighted by molar-refractivity contribution is 0.0768. The second-order valence-electron chi connectivity index (χ2n) is 9.14. The molecule has 0 atom stereocenters. The Balaban J connectivity index is 1.19. The monoisotopic (exact) mass is 452 g/mol. The van der Waals surface area contributed by atoms with E-state index in [4.69, 9.17) is 15.2 Å². The SMILES string of the molecule is COc1cc(N2CCN(CC3CCN(C(=O)OCc4ccccc4)CC3)CC2)c(C)cc1N. The number of amides is 1. The number of likely N-dealkylation sites (tertiary alicyclic amines) is 1. The zero-order chi connectivity index (χ0) is 23.2. The highest BCUT2D eigenvalue weighted by atomic mass is 16.6. The first-order chi connectivity index (χ1) is 16.0.